The molecule has 0 bridgehead atoms. The van der Waals surface area contributed by atoms with Gasteiger partial charge >= 0.3 is 6.03 Å². The second kappa shape index (κ2) is 8.50. The largest absolute Gasteiger partial charge is 0.325 e. The highest BCUT2D eigenvalue weighted by Gasteiger charge is 2.12. The number of hydrogen-bond donors (Lipinski definition) is 1. The maximum atomic E-state index is 12.1. The number of anilines is 1. The minimum atomic E-state index is -0.0110. The summed E-state index contributed by atoms with van der Waals surface area (Å²) in [5.74, 6) is 0. The standard InChI is InChI=1S/C14H23N3O/c1-3-5-11-17(12-6-4-2)14(18)16-13-7-9-15-10-8-13/h7-10H,3-6,11-12H2,1-2H3,(H,15,16,18). The van der Waals surface area contributed by atoms with Gasteiger partial charge < -0.3 is 10.2 Å². The molecule has 0 unspecified atom stereocenters. The van der Waals surface area contributed by atoms with Crippen LogP contribution >= 0.6 is 0 Å². The Bertz CT molecular complexity index is 332. The molecule has 4 heteroatoms. The molecule has 1 heterocycles. The van der Waals surface area contributed by atoms with E-state index >= 15 is 0 Å². The van der Waals surface area contributed by atoms with E-state index < -0.39 is 0 Å². The Morgan fingerprint density at radius 2 is 1.72 bits per heavy atom. The molecule has 100 valence electrons. The summed E-state index contributed by atoms with van der Waals surface area (Å²) in [7, 11) is 0. The Balaban J connectivity index is 2.52. The molecular formula is C14H23N3O. The van der Waals surface area contributed by atoms with E-state index in [9.17, 15) is 4.79 Å². The van der Waals surface area contributed by atoms with Gasteiger partial charge in [-0.2, -0.15) is 0 Å². The lowest BCUT2D eigenvalue weighted by Crippen LogP contribution is -2.36. The van der Waals surface area contributed by atoms with Gasteiger partial charge in [-0.1, -0.05) is 26.7 Å². The van der Waals surface area contributed by atoms with Crippen LogP contribution in [0.4, 0.5) is 10.5 Å². The number of nitrogens with one attached hydrogen (secondary N) is 1. The molecule has 0 spiro atoms. The first kappa shape index (κ1) is 14.5. The van der Waals surface area contributed by atoms with Crippen LogP contribution in [0.2, 0.25) is 0 Å². The molecule has 0 radical (unpaired) electrons. The van der Waals surface area contributed by atoms with Gasteiger partial charge in [0, 0.05) is 31.2 Å². The fourth-order valence-corrected chi connectivity index (χ4v) is 1.65. The van der Waals surface area contributed by atoms with Crippen LogP contribution in [0.25, 0.3) is 0 Å². The lowest BCUT2D eigenvalue weighted by Gasteiger charge is -2.22. The Morgan fingerprint density at radius 3 is 2.22 bits per heavy atom. The summed E-state index contributed by atoms with van der Waals surface area (Å²) in [5, 5.41) is 2.91. The van der Waals surface area contributed by atoms with Gasteiger partial charge in [-0.3, -0.25) is 4.98 Å². The SMILES string of the molecule is CCCCN(CCCC)C(=O)Nc1ccncc1. The molecule has 1 rings (SSSR count). The summed E-state index contributed by atoms with van der Waals surface area (Å²) in [6, 6.07) is 3.59. The minimum absolute atomic E-state index is 0.0110. The van der Waals surface area contributed by atoms with E-state index in [4.69, 9.17) is 0 Å². The normalized spacial score (nSPS) is 10.1. The number of amides is 2. The zero-order valence-electron chi connectivity index (χ0n) is 11.4. The van der Waals surface area contributed by atoms with Gasteiger partial charge in [0.2, 0.25) is 0 Å². The van der Waals surface area contributed by atoms with Crippen LogP contribution in [-0.4, -0.2) is 29.0 Å². The predicted octanol–water partition coefficient (Wildman–Crippen LogP) is 3.52. The first-order valence-corrected chi connectivity index (χ1v) is 6.73. The number of aromatic nitrogens is 1. The van der Waals surface area contributed by atoms with Crippen molar-refractivity contribution < 1.29 is 4.79 Å². The lowest BCUT2D eigenvalue weighted by molar-refractivity contribution is 0.210. The van der Waals surface area contributed by atoms with E-state index in [0.29, 0.717) is 0 Å². The van der Waals surface area contributed by atoms with Crippen LogP contribution < -0.4 is 5.32 Å². The monoisotopic (exact) mass is 249 g/mol. The van der Waals surface area contributed by atoms with Crippen molar-refractivity contribution in [3.63, 3.8) is 0 Å². The van der Waals surface area contributed by atoms with E-state index in [2.05, 4.69) is 24.1 Å². The molecule has 1 aromatic heterocycles. The second-order valence-electron chi connectivity index (χ2n) is 4.36. The molecule has 18 heavy (non-hydrogen) atoms. The average molecular weight is 249 g/mol. The van der Waals surface area contributed by atoms with Crippen LogP contribution in [0, 0.1) is 0 Å². The van der Waals surface area contributed by atoms with Gasteiger partial charge in [0.15, 0.2) is 0 Å². The quantitative estimate of drug-likeness (QED) is 0.803. The van der Waals surface area contributed by atoms with Gasteiger partial charge in [0.05, 0.1) is 0 Å². The summed E-state index contributed by atoms with van der Waals surface area (Å²) in [6.45, 7) is 5.93. The Morgan fingerprint density at radius 1 is 1.17 bits per heavy atom. The first-order valence-electron chi connectivity index (χ1n) is 6.73. The third kappa shape index (κ3) is 5.17. The molecule has 2 amide bonds. The Labute approximate surface area is 109 Å². The molecule has 0 fully saturated rings. The molecule has 0 aromatic carbocycles. The number of hydrogen-bond acceptors (Lipinski definition) is 2. The first-order chi connectivity index (χ1) is 8.77. The van der Waals surface area contributed by atoms with Crippen molar-refractivity contribution >= 4 is 11.7 Å². The fourth-order valence-electron chi connectivity index (χ4n) is 1.65. The summed E-state index contributed by atoms with van der Waals surface area (Å²) >= 11 is 0. The van der Waals surface area contributed by atoms with Gasteiger partial charge in [-0.15, -0.1) is 0 Å². The van der Waals surface area contributed by atoms with Crippen molar-refractivity contribution in [2.75, 3.05) is 18.4 Å². The van der Waals surface area contributed by atoms with Crippen molar-refractivity contribution in [1.29, 1.82) is 0 Å². The predicted molar refractivity (Wildman–Crippen MR) is 74.6 cm³/mol. The van der Waals surface area contributed by atoms with E-state index in [1.807, 2.05) is 4.90 Å². The van der Waals surface area contributed by atoms with Gasteiger partial charge in [0.1, 0.15) is 0 Å². The third-order valence-electron chi connectivity index (χ3n) is 2.78. The third-order valence-corrected chi connectivity index (χ3v) is 2.78. The van der Waals surface area contributed by atoms with Crippen LogP contribution in [0.1, 0.15) is 39.5 Å². The second-order valence-corrected chi connectivity index (χ2v) is 4.36. The van der Waals surface area contributed by atoms with E-state index in [1.165, 1.54) is 0 Å². The van der Waals surface area contributed by atoms with Gasteiger partial charge in [0.25, 0.3) is 0 Å². The molecule has 1 aromatic rings. The van der Waals surface area contributed by atoms with Crippen molar-refractivity contribution in [3.05, 3.63) is 24.5 Å². The summed E-state index contributed by atoms with van der Waals surface area (Å²) < 4.78 is 0. The molecule has 0 saturated heterocycles. The topological polar surface area (TPSA) is 45.2 Å². The number of carbonyl (C=O) groups excluding carboxylic acids is 1. The molecule has 0 atom stereocenters. The Hall–Kier alpha value is -1.58. The molecular weight excluding hydrogens is 226 g/mol. The number of rotatable bonds is 7. The zero-order chi connectivity index (χ0) is 13.2. The van der Waals surface area contributed by atoms with Crippen LogP contribution in [0.15, 0.2) is 24.5 Å². The molecule has 0 aliphatic carbocycles. The zero-order valence-corrected chi connectivity index (χ0v) is 11.4. The summed E-state index contributed by atoms with van der Waals surface area (Å²) in [6.07, 6.45) is 7.66. The summed E-state index contributed by atoms with van der Waals surface area (Å²) in [5.41, 5.74) is 0.799. The Kier molecular flexibility index (Phi) is 6.84. The highest BCUT2D eigenvalue weighted by atomic mass is 16.2. The summed E-state index contributed by atoms with van der Waals surface area (Å²) in [4.78, 5) is 17.9. The van der Waals surface area contributed by atoms with Crippen LogP contribution in [0.3, 0.4) is 0 Å². The lowest BCUT2D eigenvalue weighted by atomic mass is 10.3. The van der Waals surface area contributed by atoms with Crippen LogP contribution in [-0.2, 0) is 0 Å². The number of nitrogens with zero attached hydrogens (tertiary/aromatic N) is 2. The van der Waals surface area contributed by atoms with Crippen molar-refractivity contribution in [3.8, 4) is 0 Å². The van der Waals surface area contributed by atoms with Crippen LogP contribution in [0.5, 0.6) is 0 Å². The van der Waals surface area contributed by atoms with Crippen molar-refractivity contribution in [2.45, 2.75) is 39.5 Å². The maximum absolute atomic E-state index is 12.1. The number of urea groups is 1. The maximum Gasteiger partial charge on any atom is 0.321 e. The van der Waals surface area contributed by atoms with E-state index in [0.717, 1.165) is 44.5 Å². The highest BCUT2D eigenvalue weighted by Crippen LogP contribution is 2.07. The number of unbranched alkanes of at least 4 members (excludes halogenated alkanes) is 2. The number of pyridine rings is 1. The van der Waals surface area contributed by atoms with E-state index in [1.54, 1.807) is 24.5 Å². The van der Waals surface area contributed by atoms with Crippen molar-refractivity contribution in [2.24, 2.45) is 0 Å². The fraction of sp³-hybridized carbons (Fsp3) is 0.571. The van der Waals surface area contributed by atoms with Crippen molar-refractivity contribution in [1.82, 2.24) is 9.88 Å². The minimum Gasteiger partial charge on any atom is -0.325 e. The highest BCUT2D eigenvalue weighted by molar-refractivity contribution is 5.89. The van der Waals surface area contributed by atoms with Gasteiger partial charge in [-0.25, -0.2) is 4.79 Å². The average Bonchev–Trinajstić information content (AvgIpc) is 2.40. The smallest absolute Gasteiger partial charge is 0.321 e. The molecule has 0 aliphatic heterocycles. The molecule has 0 saturated carbocycles. The van der Waals surface area contributed by atoms with E-state index in [-0.39, 0.29) is 6.03 Å². The number of carbonyl (C=O) groups is 1. The molecule has 1 N–H and O–H groups in total. The molecule has 4 nitrogen and oxygen atoms in total. The van der Waals surface area contributed by atoms with Gasteiger partial charge in [-0.05, 0) is 25.0 Å². The molecule has 0 aliphatic rings.